The molecule has 196 valence electrons. The van der Waals surface area contributed by atoms with Gasteiger partial charge in [0.15, 0.2) is 0 Å². The van der Waals surface area contributed by atoms with E-state index in [2.05, 4.69) is 159 Å². The molecular formula is C40H32Si. The van der Waals surface area contributed by atoms with Crippen molar-refractivity contribution in [3.8, 4) is 22.3 Å². The molecule has 2 aliphatic rings. The first-order valence-corrected chi connectivity index (χ1v) is 17.7. The van der Waals surface area contributed by atoms with Crippen LogP contribution in [0.4, 0.5) is 0 Å². The Hall–Kier alpha value is -4.46. The smallest absolute Gasteiger partial charge is 0.0623 e. The zero-order valence-corrected chi connectivity index (χ0v) is 24.5. The number of fused-ring (bicyclic) bond motifs is 6. The second kappa shape index (κ2) is 9.29. The Bertz CT molecular complexity index is 1680. The average molecular weight is 541 g/mol. The zero-order chi connectivity index (χ0) is 27.6. The van der Waals surface area contributed by atoms with Crippen molar-refractivity contribution in [2.24, 2.45) is 0 Å². The average Bonchev–Trinajstić information content (AvgIpc) is 3.54. The molecule has 8 rings (SSSR count). The van der Waals surface area contributed by atoms with Gasteiger partial charge in [0.2, 0.25) is 0 Å². The molecule has 0 bridgehead atoms. The van der Waals surface area contributed by atoms with Crippen LogP contribution in [0.3, 0.4) is 0 Å². The van der Waals surface area contributed by atoms with Crippen LogP contribution in [0, 0.1) is 0 Å². The van der Waals surface area contributed by atoms with Gasteiger partial charge in [0.25, 0.3) is 0 Å². The molecule has 0 N–H and O–H groups in total. The molecule has 0 radical (unpaired) electrons. The van der Waals surface area contributed by atoms with Gasteiger partial charge in [-0.3, -0.25) is 0 Å². The maximum Gasteiger partial charge on any atom is 0.112 e. The van der Waals surface area contributed by atoms with Gasteiger partial charge < -0.3 is 0 Å². The van der Waals surface area contributed by atoms with Gasteiger partial charge in [-0.15, -0.1) is 0 Å². The van der Waals surface area contributed by atoms with Gasteiger partial charge in [-0.1, -0.05) is 169 Å². The normalized spacial score (nSPS) is 13.9. The van der Waals surface area contributed by atoms with Crippen LogP contribution in [0.2, 0.25) is 13.1 Å². The number of benzene rings is 6. The summed E-state index contributed by atoms with van der Waals surface area (Å²) in [6.45, 7) is 4.97. The largest absolute Gasteiger partial charge is 0.112 e. The lowest BCUT2D eigenvalue weighted by molar-refractivity contribution is 1.02. The van der Waals surface area contributed by atoms with Gasteiger partial charge in [-0.2, -0.15) is 0 Å². The van der Waals surface area contributed by atoms with Gasteiger partial charge in [0.1, 0.15) is 8.07 Å². The van der Waals surface area contributed by atoms with E-state index >= 15 is 0 Å². The van der Waals surface area contributed by atoms with Crippen molar-refractivity contribution in [2.45, 2.75) is 24.9 Å². The summed E-state index contributed by atoms with van der Waals surface area (Å²) in [6, 6.07) is 54.8. The van der Waals surface area contributed by atoms with E-state index in [1.165, 1.54) is 66.0 Å². The Labute approximate surface area is 244 Å². The van der Waals surface area contributed by atoms with Gasteiger partial charge in [0, 0.05) is 11.8 Å². The Balaban J connectivity index is 1.11. The summed E-state index contributed by atoms with van der Waals surface area (Å²) >= 11 is 0. The predicted octanol–water partition coefficient (Wildman–Crippen LogP) is 8.83. The molecule has 1 heteroatoms. The zero-order valence-electron chi connectivity index (χ0n) is 23.5. The maximum atomic E-state index is 2.48. The number of hydrogen-bond acceptors (Lipinski definition) is 0. The molecule has 0 atom stereocenters. The van der Waals surface area contributed by atoms with E-state index < -0.39 is 8.07 Å². The third kappa shape index (κ3) is 3.73. The molecule has 0 heterocycles. The standard InChI is InChI=1S/C40H32Si/c1-41(2,29-23-19-27(20-24-29)39-35-15-7-3-11-31(35)32-12-4-8-16-36(32)39)30-25-21-28(22-26-30)40-37-17-9-5-13-33(37)34-14-6-10-18-38(34)40/h3-26,39-40H,1-2H3. The minimum atomic E-state index is -1.87. The molecule has 6 aromatic carbocycles. The molecule has 0 saturated carbocycles. The minimum absolute atomic E-state index is 0.303. The van der Waals surface area contributed by atoms with E-state index in [-0.39, 0.29) is 0 Å². The van der Waals surface area contributed by atoms with E-state index in [1.807, 2.05) is 0 Å². The van der Waals surface area contributed by atoms with Crippen molar-refractivity contribution in [1.29, 1.82) is 0 Å². The van der Waals surface area contributed by atoms with Crippen LogP contribution in [-0.2, 0) is 0 Å². The van der Waals surface area contributed by atoms with Gasteiger partial charge >= 0.3 is 0 Å². The molecule has 0 aromatic heterocycles. The summed E-state index contributed by atoms with van der Waals surface area (Å²) < 4.78 is 0. The van der Waals surface area contributed by atoms with Crippen LogP contribution >= 0.6 is 0 Å². The van der Waals surface area contributed by atoms with Crippen LogP contribution in [0.25, 0.3) is 22.3 Å². The first-order chi connectivity index (χ1) is 20.1. The number of hydrogen-bond donors (Lipinski definition) is 0. The topological polar surface area (TPSA) is 0 Å². The maximum absolute atomic E-state index is 2.48. The monoisotopic (exact) mass is 540 g/mol. The van der Waals surface area contributed by atoms with Crippen molar-refractivity contribution in [2.75, 3.05) is 0 Å². The summed E-state index contributed by atoms with van der Waals surface area (Å²) in [5.41, 5.74) is 13.9. The van der Waals surface area contributed by atoms with Crippen molar-refractivity contribution >= 4 is 18.4 Å². The van der Waals surface area contributed by atoms with Gasteiger partial charge in [-0.05, 0) is 55.6 Å². The van der Waals surface area contributed by atoms with E-state index in [0.717, 1.165) is 0 Å². The SMILES string of the molecule is C[Si](C)(c1ccc(C2c3ccccc3-c3ccccc32)cc1)c1ccc(C2c3ccccc3-c3ccccc32)cc1. The van der Waals surface area contributed by atoms with E-state index in [1.54, 1.807) is 0 Å². The van der Waals surface area contributed by atoms with Crippen LogP contribution < -0.4 is 10.4 Å². The van der Waals surface area contributed by atoms with Crippen molar-refractivity contribution < 1.29 is 0 Å². The predicted molar refractivity (Wildman–Crippen MR) is 175 cm³/mol. The highest BCUT2D eigenvalue weighted by Gasteiger charge is 2.32. The van der Waals surface area contributed by atoms with Crippen molar-refractivity contribution in [3.63, 3.8) is 0 Å². The van der Waals surface area contributed by atoms with Crippen molar-refractivity contribution in [3.05, 3.63) is 179 Å². The number of rotatable bonds is 4. The Morgan fingerprint density at radius 3 is 0.902 bits per heavy atom. The summed E-state index contributed by atoms with van der Waals surface area (Å²) in [5.74, 6) is 0.607. The molecule has 0 spiro atoms. The second-order valence-electron chi connectivity index (χ2n) is 12.1. The van der Waals surface area contributed by atoms with E-state index in [0.29, 0.717) is 11.8 Å². The lowest BCUT2D eigenvalue weighted by atomic mass is 9.89. The fraction of sp³-hybridized carbons (Fsp3) is 0.100. The van der Waals surface area contributed by atoms with E-state index in [4.69, 9.17) is 0 Å². The molecule has 2 aliphatic carbocycles. The molecule has 0 amide bonds. The summed E-state index contributed by atoms with van der Waals surface area (Å²) in [4.78, 5) is 0. The first-order valence-electron chi connectivity index (χ1n) is 14.7. The third-order valence-electron chi connectivity index (χ3n) is 9.60. The molecule has 0 aliphatic heterocycles. The highest BCUT2D eigenvalue weighted by molar-refractivity contribution is 7.00. The van der Waals surface area contributed by atoms with Crippen LogP contribution in [0.1, 0.15) is 45.2 Å². The third-order valence-corrected chi connectivity index (χ3v) is 13.2. The van der Waals surface area contributed by atoms with E-state index in [9.17, 15) is 0 Å². The highest BCUT2D eigenvalue weighted by atomic mass is 28.3. The highest BCUT2D eigenvalue weighted by Crippen LogP contribution is 2.48. The quantitative estimate of drug-likeness (QED) is 0.196. The van der Waals surface area contributed by atoms with Gasteiger partial charge in [-0.25, -0.2) is 0 Å². The molecule has 0 saturated heterocycles. The van der Waals surface area contributed by atoms with Crippen LogP contribution in [0.15, 0.2) is 146 Å². The first kappa shape index (κ1) is 24.3. The Kier molecular flexibility index (Phi) is 5.52. The minimum Gasteiger partial charge on any atom is -0.0623 e. The molecule has 41 heavy (non-hydrogen) atoms. The van der Waals surface area contributed by atoms with Crippen molar-refractivity contribution in [1.82, 2.24) is 0 Å². The molecule has 0 nitrogen and oxygen atoms in total. The van der Waals surface area contributed by atoms with Crippen LogP contribution in [-0.4, -0.2) is 8.07 Å². The molecule has 0 unspecified atom stereocenters. The van der Waals surface area contributed by atoms with Gasteiger partial charge in [0.05, 0.1) is 0 Å². The molecular weight excluding hydrogens is 509 g/mol. The summed E-state index contributed by atoms with van der Waals surface area (Å²) in [5, 5.41) is 2.95. The second-order valence-corrected chi connectivity index (χ2v) is 16.5. The summed E-state index contributed by atoms with van der Waals surface area (Å²) in [7, 11) is -1.87. The Morgan fingerprint density at radius 1 is 0.341 bits per heavy atom. The summed E-state index contributed by atoms with van der Waals surface area (Å²) in [6.07, 6.45) is 0. The fourth-order valence-corrected chi connectivity index (χ4v) is 9.71. The fourth-order valence-electron chi connectivity index (χ4n) is 7.38. The lowest BCUT2D eigenvalue weighted by Gasteiger charge is -2.25. The Morgan fingerprint density at radius 2 is 0.610 bits per heavy atom. The molecule has 6 aromatic rings. The lowest BCUT2D eigenvalue weighted by Crippen LogP contribution is -2.52. The van der Waals surface area contributed by atoms with Crippen LogP contribution in [0.5, 0.6) is 0 Å². The molecule has 0 fully saturated rings.